The molecule has 1 saturated carbocycles. The quantitative estimate of drug-likeness (QED) is 0.769. The molecule has 0 radical (unpaired) electrons. The summed E-state index contributed by atoms with van der Waals surface area (Å²) in [4.78, 5) is 0. The molecule has 0 amide bonds. The van der Waals surface area contributed by atoms with Crippen LogP contribution in [0.15, 0.2) is 0 Å². The molecule has 1 atom stereocenters. The molecule has 0 bridgehead atoms. The predicted octanol–water partition coefficient (Wildman–Crippen LogP) is 1.57. The van der Waals surface area contributed by atoms with Gasteiger partial charge in [0.05, 0.1) is 25.9 Å². The molecule has 3 heteroatoms. The second-order valence-corrected chi connectivity index (χ2v) is 4.77. The van der Waals surface area contributed by atoms with Crippen LogP contribution in [-0.4, -0.2) is 39.0 Å². The molecule has 0 unspecified atom stereocenters. The van der Waals surface area contributed by atoms with Gasteiger partial charge in [0.1, 0.15) is 0 Å². The maximum absolute atomic E-state index is 5.77. The zero-order chi connectivity index (χ0) is 10.3. The molecule has 1 aliphatic carbocycles. The lowest BCUT2D eigenvalue weighted by Gasteiger charge is -2.26. The highest BCUT2D eigenvalue weighted by Gasteiger charge is 2.16. The highest BCUT2D eigenvalue weighted by atomic mass is 16.5. The first-order valence-electron chi connectivity index (χ1n) is 6.34. The summed E-state index contributed by atoms with van der Waals surface area (Å²) in [5.41, 5.74) is 0. The maximum Gasteiger partial charge on any atom is 0.0642 e. The third-order valence-corrected chi connectivity index (χ3v) is 3.40. The van der Waals surface area contributed by atoms with Crippen LogP contribution in [0.1, 0.15) is 32.1 Å². The van der Waals surface area contributed by atoms with Gasteiger partial charge in [-0.1, -0.05) is 19.3 Å². The molecule has 3 nitrogen and oxygen atoms in total. The molecule has 2 rings (SSSR count). The van der Waals surface area contributed by atoms with E-state index in [1.807, 2.05) is 0 Å². The largest absolute Gasteiger partial charge is 0.379 e. The van der Waals surface area contributed by atoms with Crippen molar-refractivity contribution in [2.45, 2.75) is 38.1 Å². The summed E-state index contributed by atoms with van der Waals surface area (Å²) in [5.74, 6) is 0.822. The van der Waals surface area contributed by atoms with Gasteiger partial charge in [0.2, 0.25) is 0 Å². The Labute approximate surface area is 92.5 Å². The van der Waals surface area contributed by atoms with Gasteiger partial charge in [-0.25, -0.2) is 0 Å². The maximum atomic E-state index is 5.77. The second kappa shape index (κ2) is 6.46. The van der Waals surface area contributed by atoms with E-state index in [1.54, 1.807) is 0 Å². The Morgan fingerprint density at radius 1 is 1.13 bits per heavy atom. The van der Waals surface area contributed by atoms with E-state index < -0.39 is 0 Å². The van der Waals surface area contributed by atoms with Crippen molar-refractivity contribution >= 4 is 0 Å². The monoisotopic (exact) mass is 213 g/mol. The highest BCUT2D eigenvalue weighted by Crippen LogP contribution is 2.23. The predicted molar refractivity (Wildman–Crippen MR) is 60.0 cm³/mol. The average Bonchev–Trinajstić information content (AvgIpc) is 2.32. The van der Waals surface area contributed by atoms with Crippen LogP contribution in [0.2, 0.25) is 0 Å². The Hall–Kier alpha value is -0.120. The van der Waals surface area contributed by atoms with E-state index in [9.17, 15) is 0 Å². The Morgan fingerprint density at radius 2 is 2.00 bits per heavy atom. The van der Waals surface area contributed by atoms with Gasteiger partial charge >= 0.3 is 0 Å². The minimum Gasteiger partial charge on any atom is -0.379 e. The zero-order valence-electron chi connectivity index (χ0n) is 9.54. The van der Waals surface area contributed by atoms with Gasteiger partial charge in [0.15, 0.2) is 0 Å². The van der Waals surface area contributed by atoms with Gasteiger partial charge < -0.3 is 14.8 Å². The lowest BCUT2D eigenvalue weighted by Crippen LogP contribution is -2.44. The number of hydrogen-bond donors (Lipinski definition) is 1. The van der Waals surface area contributed by atoms with Crippen LogP contribution >= 0.6 is 0 Å². The molecular formula is C12H23NO2. The van der Waals surface area contributed by atoms with Crippen LogP contribution in [0.4, 0.5) is 0 Å². The summed E-state index contributed by atoms with van der Waals surface area (Å²) in [5, 5.41) is 3.41. The van der Waals surface area contributed by atoms with Gasteiger partial charge in [-0.15, -0.1) is 0 Å². The summed E-state index contributed by atoms with van der Waals surface area (Å²) < 4.78 is 11.2. The first-order valence-corrected chi connectivity index (χ1v) is 6.34. The summed E-state index contributed by atoms with van der Waals surface area (Å²) in [6.07, 6.45) is 6.97. The Bertz CT molecular complexity index is 145. The van der Waals surface area contributed by atoms with Crippen molar-refractivity contribution in [3.63, 3.8) is 0 Å². The smallest absolute Gasteiger partial charge is 0.0642 e. The molecule has 0 aromatic carbocycles. The zero-order valence-corrected chi connectivity index (χ0v) is 9.54. The van der Waals surface area contributed by atoms with Crippen molar-refractivity contribution in [1.29, 1.82) is 0 Å². The van der Waals surface area contributed by atoms with E-state index in [0.717, 1.165) is 38.9 Å². The Balaban J connectivity index is 1.53. The fourth-order valence-corrected chi connectivity index (χ4v) is 2.46. The topological polar surface area (TPSA) is 30.5 Å². The number of morpholine rings is 1. The Kier molecular flexibility index (Phi) is 4.90. The van der Waals surface area contributed by atoms with Gasteiger partial charge in [0, 0.05) is 13.2 Å². The number of nitrogens with one attached hydrogen (secondary N) is 1. The lowest BCUT2D eigenvalue weighted by atomic mass is 9.90. The van der Waals surface area contributed by atoms with Gasteiger partial charge in [-0.05, 0) is 18.8 Å². The van der Waals surface area contributed by atoms with Crippen molar-refractivity contribution in [1.82, 2.24) is 5.32 Å². The summed E-state index contributed by atoms with van der Waals surface area (Å²) in [6, 6.07) is 0.419. The standard InChI is InChI=1S/C12H23NO2/c1-2-4-11(5-3-1)8-15-10-12-9-14-7-6-13-12/h11-13H,1-10H2/t12-/m1/s1. The second-order valence-electron chi connectivity index (χ2n) is 4.77. The molecule has 2 fully saturated rings. The average molecular weight is 213 g/mol. The lowest BCUT2D eigenvalue weighted by molar-refractivity contribution is 0.0157. The SMILES string of the molecule is C1CCC(COC[C@H]2COCCN2)CC1. The fraction of sp³-hybridized carbons (Fsp3) is 1.00. The van der Waals surface area contributed by atoms with Crippen LogP contribution in [0, 0.1) is 5.92 Å². The first kappa shape index (κ1) is 11.4. The number of ether oxygens (including phenoxy) is 2. The molecular weight excluding hydrogens is 190 g/mol. The summed E-state index contributed by atoms with van der Waals surface area (Å²) in [7, 11) is 0. The summed E-state index contributed by atoms with van der Waals surface area (Å²) in [6.45, 7) is 4.40. The molecule has 1 saturated heterocycles. The molecule has 15 heavy (non-hydrogen) atoms. The minimum atomic E-state index is 0.419. The van der Waals surface area contributed by atoms with E-state index in [1.165, 1.54) is 32.1 Å². The van der Waals surface area contributed by atoms with Crippen LogP contribution < -0.4 is 5.32 Å². The van der Waals surface area contributed by atoms with Crippen molar-refractivity contribution < 1.29 is 9.47 Å². The molecule has 0 aromatic heterocycles. The van der Waals surface area contributed by atoms with Gasteiger partial charge in [-0.3, -0.25) is 0 Å². The van der Waals surface area contributed by atoms with E-state index in [-0.39, 0.29) is 0 Å². The molecule has 2 aliphatic rings. The van der Waals surface area contributed by atoms with Crippen LogP contribution in [0.25, 0.3) is 0 Å². The Morgan fingerprint density at radius 3 is 2.73 bits per heavy atom. The molecule has 88 valence electrons. The molecule has 1 aliphatic heterocycles. The molecule has 1 N–H and O–H groups in total. The normalized spacial score (nSPS) is 29.2. The van der Waals surface area contributed by atoms with Crippen molar-refractivity contribution in [2.75, 3.05) is 33.0 Å². The highest BCUT2D eigenvalue weighted by molar-refractivity contribution is 4.70. The van der Waals surface area contributed by atoms with Gasteiger partial charge in [0.25, 0.3) is 0 Å². The minimum absolute atomic E-state index is 0.419. The van der Waals surface area contributed by atoms with Crippen LogP contribution in [0.5, 0.6) is 0 Å². The molecule has 0 spiro atoms. The third-order valence-electron chi connectivity index (χ3n) is 3.40. The number of rotatable bonds is 4. The van der Waals surface area contributed by atoms with E-state index in [4.69, 9.17) is 9.47 Å². The van der Waals surface area contributed by atoms with Gasteiger partial charge in [-0.2, -0.15) is 0 Å². The van der Waals surface area contributed by atoms with Crippen molar-refractivity contribution in [3.8, 4) is 0 Å². The van der Waals surface area contributed by atoms with Crippen LogP contribution in [0.3, 0.4) is 0 Å². The number of hydrogen-bond acceptors (Lipinski definition) is 3. The van der Waals surface area contributed by atoms with Crippen LogP contribution in [-0.2, 0) is 9.47 Å². The van der Waals surface area contributed by atoms with Crippen molar-refractivity contribution in [2.24, 2.45) is 5.92 Å². The van der Waals surface area contributed by atoms with E-state index in [2.05, 4.69) is 5.32 Å². The fourth-order valence-electron chi connectivity index (χ4n) is 2.46. The van der Waals surface area contributed by atoms with E-state index in [0.29, 0.717) is 6.04 Å². The summed E-state index contributed by atoms with van der Waals surface area (Å²) >= 11 is 0. The first-order chi connectivity index (χ1) is 7.45. The molecule has 1 heterocycles. The van der Waals surface area contributed by atoms with Crippen molar-refractivity contribution in [3.05, 3.63) is 0 Å². The van der Waals surface area contributed by atoms with E-state index >= 15 is 0 Å². The third kappa shape index (κ3) is 4.09. The molecule has 0 aromatic rings.